The van der Waals surface area contributed by atoms with E-state index in [9.17, 15) is 9.59 Å². The van der Waals surface area contributed by atoms with E-state index in [1.807, 2.05) is 37.3 Å². The van der Waals surface area contributed by atoms with Crippen LogP contribution in [0, 0.1) is 6.92 Å². The summed E-state index contributed by atoms with van der Waals surface area (Å²) in [6, 6.07) is 12.6. The molecule has 1 aromatic heterocycles. The first-order valence-corrected chi connectivity index (χ1v) is 10.2. The van der Waals surface area contributed by atoms with Crippen molar-refractivity contribution in [2.45, 2.75) is 11.8 Å². The number of aromatic nitrogens is 1. The van der Waals surface area contributed by atoms with Gasteiger partial charge in [0.1, 0.15) is 12.1 Å². The van der Waals surface area contributed by atoms with E-state index in [-0.39, 0.29) is 29.0 Å². The van der Waals surface area contributed by atoms with E-state index in [4.69, 9.17) is 27.9 Å². The molecule has 1 aliphatic heterocycles. The quantitative estimate of drug-likeness (QED) is 0.435. The summed E-state index contributed by atoms with van der Waals surface area (Å²) < 4.78 is 5.54. The monoisotopic (exact) mass is 432 g/mol. The minimum Gasteiger partial charge on any atom is -0.421 e. The van der Waals surface area contributed by atoms with Crippen molar-refractivity contribution in [1.29, 1.82) is 0 Å². The Labute approximate surface area is 175 Å². The molecule has 0 atom stereocenters. The predicted molar refractivity (Wildman–Crippen MR) is 112 cm³/mol. The van der Waals surface area contributed by atoms with Crippen molar-refractivity contribution in [3.8, 4) is 5.75 Å². The SMILES string of the molecule is Cc1ccc2c(Cl)cc(Cl)c(OC(=O)CN3C(=O)CSc4ccccc43)c2n1. The van der Waals surface area contributed by atoms with Crippen LogP contribution in [0.2, 0.25) is 10.0 Å². The third-order valence-electron chi connectivity index (χ3n) is 4.29. The van der Waals surface area contributed by atoms with Gasteiger partial charge >= 0.3 is 5.97 Å². The molecule has 0 spiro atoms. The van der Waals surface area contributed by atoms with E-state index in [1.165, 1.54) is 22.7 Å². The van der Waals surface area contributed by atoms with Gasteiger partial charge in [0, 0.05) is 16.0 Å². The zero-order valence-corrected chi connectivity index (χ0v) is 17.1. The third-order valence-corrected chi connectivity index (χ3v) is 5.93. The minimum absolute atomic E-state index is 0.141. The van der Waals surface area contributed by atoms with E-state index in [0.29, 0.717) is 21.6 Å². The Morgan fingerprint density at radius 2 is 2.00 bits per heavy atom. The van der Waals surface area contributed by atoms with Crippen LogP contribution in [0.4, 0.5) is 5.69 Å². The fourth-order valence-electron chi connectivity index (χ4n) is 2.99. The maximum absolute atomic E-state index is 12.7. The number of carbonyl (C=O) groups excluding carboxylic acids is 2. The van der Waals surface area contributed by atoms with Crippen molar-refractivity contribution in [3.05, 3.63) is 58.2 Å². The average molecular weight is 433 g/mol. The number of pyridine rings is 1. The van der Waals surface area contributed by atoms with E-state index < -0.39 is 5.97 Å². The molecule has 142 valence electrons. The smallest absolute Gasteiger partial charge is 0.331 e. The van der Waals surface area contributed by atoms with E-state index in [1.54, 1.807) is 6.07 Å². The molecule has 0 saturated carbocycles. The van der Waals surface area contributed by atoms with Gasteiger partial charge in [-0.2, -0.15) is 0 Å². The highest BCUT2D eigenvalue weighted by atomic mass is 35.5. The van der Waals surface area contributed by atoms with Gasteiger partial charge < -0.3 is 4.74 Å². The lowest BCUT2D eigenvalue weighted by atomic mass is 10.2. The molecule has 0 bridgehead atoms. The van der Waals surface area contributed by atoms with Crippen LogP contribution < -0.4 is 9.64 Å². The highest BCUT2D eigenvalue weighted by Gasteiger charge is 2.27. The summed E-state index contributed by atoms with van der Waals surface area (Å²) in [5.41, 5.74) is 1.84. The number of amides is 1. The molecule has 0 unspecified atom stereocenters. The summed E-state index contributed by atoms with van der Waals surface area (Å²) in [6.07, 6.45) is 0. The molecule has 0 radical (unpaired) electrons. The summed E-state index contributed by atoms with van der Waals surface area (Å²) in [5.74, 6) is -0.345. The Bertz CT molecular complexity index is 1120. The highest BCUT2D eigenvalue weighted by molar-refractivity contribution is 8.00. The number of thioether (sulfide) groups is 1. The first-order chi connectivity index (χ1) is 13.4. The number of para-hydroxylation sites is 1. The first kappa shape index (κ1) is 19.1. The molecule has 5 nitrogen and oxygen atoms in total. The molecule has 4 rings (SSSR count). The Kier molecular flexibility index (Phi) is 5.19. The van der Waals surface area contributed by atoms with Crippen molar-refractivity contribution in [3.63, 3.8) is 0 Å². The van der Waals surface area contributed by atoms with Crippen molar-refractivity contribution < 1.29 is 14.3 Å². The van der Waals surface area contributed by atoms with Crippen LogP contribution >= 0.6 is 35.0 Å². The van der Waals surface area contributed by atoms with Crippen molar-refractivity contribution in [2.24, 2.45) is 0 Å². The Balaban J connectivity index is 1.65. The molecule has 0 aliphatic carbocycles. The molecule has 3 aromatic rings. The van der Waals surface area contributed by atoms with Crippen LogP contribution in [0.1, 0.15) is 5.69 Å². The summed E-state index contributed by atoms with van der Waals surface area (Å²) in [4.78, 5) is 31.8. The van der Waals surface area contributed by atoms with Gasteiger partial charge in [-0.15, -0.1) is 11.8 Å². The second-order valence-corrected chi connectivity index (χ2v) is 8.06. The van der Waals surface area contributed by atoms with Crippen molar-refractivity contribution in [1.82, 2.24) is 4.98 Å². The van der Waals surface area contributed by atoms with E-state index >= 15 is 0 Å². The van der Waals surface area contributed by atoms with Gasteiger partial charge in [0.05, 0.1) is 21.5 Å². The Hall–Kier alpha value is -2.28. The molecular formula is C20H14Cl2N2O3S. The van der Waals surface area contributed by atoms with Gasteiger partial charge in [0.2, 0.25) is 5.91 Å². The van der Waals surface area contributed by atoms with Crippen LogP contribution in [-0.4, -0.2) is 29.2 Å². The zero-order valence-electron chi connectivity index (χ0n) is 14.7. The predicted octanol–water partition coefficient (Wildman–Crippen LogP) is 4.89. The maximum atomic E-state index is 12.7. The fourth-order valence-corrected chi connectivity index (χ4v) is 4.48. The lowest BCUT2D eigenvalue weighted by Gasteiger charge is -2.28. The number of aryl methyl sites for hydroxylation is 1. The molecule has 0 fully saturated rings. The number of hydrogen-bond acceptors (Lipinski definition) is 5. The van der Waals surface area contributed by atoms with Crippen LogP contribution in [0.5, 0.6) is 5.75 Å². The van der Waals surface area contributed by atoms with Crippen molar-refractivity contribution >= 4 is 63.4 Å². The molecule has 2 aromatic carbocycles. The number of esters is 1. The van der Waals surface area contributed by atoms with Gasteiger partial charge in [-0.25, -0.2) is 9.78 Å². The standard InChI is InChI=1S/C20H14Cl2N2O3S/c1-11-6-7-12-13(21)8-14(22)20(19(12)23-11)27-18(26)9-24-15-4-2-3-5-16(15)28-10-17(24)25/h2-8H,9-10H2,1H3. The minimum atomic E-state index is -0.608. The van der Waals surface area contributed by atoms with Gasteiger partial charge in [-0.3, -0.25) is 9.69 Å². The van der Waals surface area contributed by atoms with Gasteiger partial charge in [-0.05, 0) is 37.3 Å². The Morgan fingerprint density at radius 3 is 2.82 bits per heavy atom. The molecule has 2 heterocycles. The second-order valence-electron chi connectivity index (χ2n) is 6.23. The summed E-state index contributed by atoms with van der Waals surface area (Å²) in [6.45, 7) is 1.60. The zero-order chi connectivity index (χ0) is 19.8. The molecule has 1 amide bonds. The summed E-state index contributed by atoms with van der Waals surface area (Å²) in [7, 11) is 0. The van der Waals surface area contributed by atoms with E-state index in [2.05, 4.69) is 4.98 Å². The number of carbonyl (C=O) groups is 2. The second kappa shape index (κ2) is 7.62. The number of nitrogens with zero attached hydrogens (tertiary/aromatic N) is 2. The number of halogens is 2. The van der Waals surface area contributed by atoms with Crippen LogP contribution in [0.25, 0.3) is 10.9 Å². The fraction of sp³-hybridized carbons (Fsp3) is 0.150. The van der Waals surface area contributed by atoms with Gasteiger partial charge in [-0.1, -0.05) is 35.3 Å². The normalized spacial score (nSPS) is 13.5. The molecule has 0 N–H and O–H groups in total. The molecule has 8 heteroatoms. The third kappa shape index (κ3) is 3.55. The largest absolute Gasteiger partial charge is 0.421 e. The average Bonchev–Trinajstić information content (AvgIpc) is 2.67. The first-order valence-electron chi connectivity index (χ1n) is 8.42. The van der Waals surface area contributed by atoms with Crippen LogP contribution in [-0.2, 0) is 9.59 Å². The highest BCUT2D eigenvalue weighted by Crippen LogP contribution is 2.38. The Morgan fingerprint density at radius 1 is 1.21 bits per heavy atom. The lowest BCUT2D eigenvalue weighted by molar-refractivity contribution is -0.134. The number of ether oxygens (including phenoxy) is 1. The lowest BCUT2D eigenvalue weighted by Crippen LogP contribution is -2.40. The maximum Gasteiger partial charge on any atom is 0.331 e. The van der Waals surface area contributed by atoms with Crippen LogP contribution in [0.15, 0.2) is 47.4 Å². The van der Waals surface area contributed by atoms with Crippen molar-refractivity contribution in [2.75, 3.05) is 17.2 Å². The van der Waals surface area contributed by atoms with Gasteiger partial charge in [0.15, 0.2) is 5.75 Å². The number of rotatable bonds is 3. The number of fused-ring (bicyclic) bond motifs is 2. The number of hydrogen-bond donors (Lipinski definition) is 0. The van der Waals surface area contributed by atoms with Crippen LogP contribution in [0.3, 0.4) is 0 Å². The summed E-state index contributed by atoms with van der Waals surface area (Å²) >= 11 is 14.0. The van der Waals surface area contributed by atoms with E-state index in [0.717, 1.165) is 10.6 Å². The molecular weight excluding hydrogens is 419 g/mol. The molecule has 1 aliphatic rings. The van der Waals surface area contributed by atoms with Gasteiger partial charge in [0.25, 0.3) is 0 Å². The summed E-state index contributed by atoms with van der Waals surface area (Å²) in [5, 5.41) is 1.24. The molecule has 28 heavy (non-hydrogen) atoms. The topological polar surface area (TPSA) is 59.5 Å². The molecule has 0 saturated heterocycles. The number of anilines is 1. The number of benzene rings is 2.